The lowest BCUT2D eigenvalue weighted by Gasteiger charge is -2.15. The number of methoxy groups -OCH3 is 1. The van der Waals surface area contributed by atoms with E-state index in [-0.39, 0.29) is 0 Å². The predicted octanol–water partition coefficient (Wildman–Crippen LogP) is 5.64. The lowest BCUT2D eigenvalue weighted by molar-refractivity contribution is 0.284. The van der Waals surface area contributed by atoms with Crippen molar-refractivity contribution in [2.24, 2.45) is 0 Å². The molecule has 0 saturated heterocycles. The van der Waals surface area contributed by atoms with Gasteiger partial charge in [0.1, 0.15) is 6.61 Å². The van der Waals surface area contributed by atoms with E-state index < -0.39 is 0 Å². The first-order valence-corrected chi connectivity index (χ1v) is 10.8. The molecule has 4 rings (SSSR count). The number of ether oxygens (including phenoxy) is 2. The third-order valence-electron chi connectivity index (χ3n) is 4.65. The molecule has 0 saturated carbocycles. The van der Waals surface area contributed by atoms with E-state index in [1.54, 1.807) is 30.2 Å². The van der Waals surface area contributed by atoms with E-state index in [9.17, 15) is 0 Å². The number of pyridine rings is 1. The number of hydrogen-bond acceptors (Lipinski definition) is 6. The summed E-state index contributed by atoms with van der Waals surface area (Å²) >= 11 is 17.9. The van der Waals surface area contributed by atoms with Gasteiger partial charge in [0, 0.05) is 34.1 Å². The fourth-order valence-corrected chi connectivity index (χ4v) is 3.71. The van der Waals surface area contributed by atoms with Gasteiger partial charge in [0.05, 0.1) is 13.7 Å². The first kappa shape index (κ1) is 22.1. The molecule has 2 aromatic carbocycles. The molecule has 2 N–H and O–H groups in total. The lowest BCUT2D eigenvalue weighted by atomic mass is 10.2. The predicted molar refractivity (Wildman–Crippen MR) is 127 cm³/mol. The van der Waals surface area contributed by atoms with Crippen LogP contribution < -0.4 is 14.9 Å². The minimum Gasteiger partial charge on any atom is -0.493 e. The second-order valence-electron chi connectivity index (χ2n) is 6.77. The highest BCUT2D eigenvalue weighted by atomic mass is 35.5. The van der Waals surface area contributed by atoms with Crippen molar-refractivity contribution in [3.8, 4) is 22.9 Å². The standard InChI is InChI=1S/C22H19Cl2N5O2S/c1-30-19-10-16(18(24)11-20(19)31-13-14-3-2-4-17(23)9-14)12-26-29-21(27-28-22(29)32)15-5-7-25-8-6-15/h2-11,26H,12-13H2,1H3,(H,28,32). The van der Waals surface area contributed by atoms with E-state index in [1.165, 1.54) is 0 Å². The molecule has 0 amide bonds. The van der Waals surface area contributed by atoms with E-state index in [1.807, 2.05) is 42.5 Å². The molecule has 0 aliphatic rings. The Balaban J connectivity index is 1.52. The minimum absolute atomic E-state index is 0.338. The van der Waals surface area contributed by atoms with Gasteiger partial charge in [-0.15, -0.1) is 0 Å². The summed E-state index contributed by atoms with van der Waals surface area (Å²) in [7, 11) is 1.58. The Morgan fingerprint density at radius 1 is 1.09 bits per heavy atom. The second kappa shape index (κ2) is 10.0. The summed E-state index contributed by atoms with van der Waals surface area (Å²) in [5.41, 5.74) is 5.88. The molecule has 2 aromatic heterocycles. The normalized spacial score (nSPS) is 10.7. The summed E-state index contributed by atoms with van der Waals surface area (Å²) in [6.45, 7) is 0.722. The van der Waals surface area contributed by atoms with Crippen molar-refractivity contribution in [3.63, 3.8) is 0 Å². The fraction of sp³-hybridized carbons (Fsp3) is 0.136. The van der Waals surface area contributed by atoms with E-state index >= 15 is 0 Å². The first-order chi connectivity index (χ1) is 15.5. The zero-order chi connectivity index (χ0) is 22.5. The largest absolute Gasteiger partial charge is 0.493 e. The minimum atomic E-state index is 0.338. The van der Waals surface area contributed by atoms with Crippen LogP contribution in [0.3, 0.4) is 0 Å². The summed E-state index contributed by atoms with van der Waals surface area (Å²) in [6.07, 6.45) is 3.39. The maximum absolute atomic E-state index is 6.54. The molecule has 0 aliphatic carbocycles. The van der Waals surface area contributed by atoms with Gasteiger partial charge in [-0.1, -0.05) is 35.3 Å². The second-order valence-corrected chi connectivity index (χ2v) is 8.00. The van der Waals surface area contributed by atoms with E-state index in [0.29, 0.717) is 45.3 Å². The van der Waals surface area contributed by atoms with Gasteiger partial charge in [-0.25, -0.2) is 9.77 Å². The average Bonchev–Trinajstić information content (AvgIpc) is 3.18. The number of H-pyrrole nitrogens is 1. The summed E-state index contributed by atoms with van der Waals surface area (Å²) in [5, 5.41) is 8.28. The van der Waals surface area contributed by atoms with Gasteiger partial charge < -0.3 is 14.9 Å². The molecule has 2 heterocycles. The van der Waals surface area contributed by atoms with Crippen LogP contribution in [0.4, 0.5) is 0 Å². The highest BCUT2D eigenvalue weighted by molar-refractivity contribution is 7.71. The molecule has 0 atom stereocenters. The van der Waals surface area contributed by atoms with E-state index in [2.05, 4.69) is 20.6 Å². The Bertz CT molecular complexity index is 1280. The number of nitrogens with one attached hydrogen (secondary N) is 2. The first-order valence-electron chi connectivity index (χ1n) is 9.60. The Hall–Kier alpha value is -3.07. The number of aromatic nitrogens is 4. The molecule has 0 fully saturated rings. The summed E-state index contributed by atoms with van der Waals surface area (Å²) in [5.74, 6) is 1.75. The molecule has 0 radical (unpaired) electrons. The summed E-state index contributed by atoms with van der Waals surface area (Å²) in [4.78, 5) is 4.04. The van der Waals surface area contributed by atoms with E-state index in [0.717, 1.165) is 16.7 Å². The molecular weight excluding hydrogens is 469 g/mol. The van der Waals surface area contributed by atoms with E-state index in [4.69, 9.17) is 44.9 Å². The zero-order valence-electron chi connectivity index (χ0n) is 17.0. The van der Waals surface area contributed by atoms with Gasteiger partial charge in [-0.3, -0.25) is 4.98 Å². The molecule has 164 valence electrons. The van der Waals surface area contributed by atoms with Crippen LogP contribution in [0.25, 0.3) is 11.4 Å². The third kappa shape index (κ3) is 5.04. The van der Waals surface area contributed by atoms with Gasteiger partial charge in [0.15, 0.2) is 17.3 Å². The summed E-state index contributed by atoms with van der Waals surface area (Å²) < 4.78 is 13.6. The van der Waals surface area contributed by atoms with Crippen LogP contribution >= 0.6 is 35.4 Å². The molecule has 7 nitrogen and oxygen atoms in total. The van der Waals surface area contributed by atoms with Crippen LogP contribution in [0.15, 0.2) is 60.9 Å². The van der Waals surface area contributed by atoms with Crippen molar-refractivity contribution >= 4 is 35.4 Å². The quantitative estimate of drug-likeness (QED) is 0.313. The van der Waals surface area contributed by atoms with Gasteiger partial charge in [-0.2, -0.15) is 5.10 Å². The Kier molecular flexibility index (Phi) is 6.94. The van der Waals surface area contributed by atoms with Gasteiger partial charge >= 0.3 is 0 Å². The highest BCUT2D eigenvalue weighted by Gasteiger charge is 2.13. The molecule has 0 bridgehead atoms. The van der Waals surface area contributed by atoms with Crippen molar-refractivity contribution in [2.45, 2.75) is 13.2 Å². The number of aromatic amines is 1. The molecule has 0 spiro atoms. The van der Waals surface area contributed by atoms with Crippen LogP contribution in [0, 0.1) is 4.77 Å². The monoisotopic (exact) mass is 487 g/mol. The number of nitrogens with zero attached hydrogens (tertiary/aromatic N) is 3. The van der Waals surface area contributed by atoms with Crippen molar-refractivity contribution in [1.29, 1.82) is 0 Å². The van der Waals surface area contributed by atoms with Crippen molar-refractivity contribution < 1.29 is 9.47 Å². The molecule has 4 aromatic rings. The van der Waals surface area contributed by atoms with Crippen LogP contribution in [-0.4, -0.2) is 27.0 Å². The number of hydrogen-bond donors (Lipinski definition) is 2. The third-order valence-corrected chi connectivity index (χ3v) is 5.52. The molecular formula is C22H19Cl2N5O2S. The lowest BCUT2D eigenvalue weighted by Crippen LogP contribution is -2.16. The number of halogens is 2. The van der Waals surface area contributed by atoms with Crippen molar-refractivity contribution in [1.82, 2.24) is 19.9 Å². The van der Waals surface area contributed by atoms with Crippen LogP contribution in [0.1, 0.15) is 11.1 Å². The summed E-state index contributed by atoms with van der Waals surface area (Å²) in [6, 6.07) is 14.8. The molecule has 0 unspecified atom stereocenters. The number of rotatable bonds is 8. The Morgan fingerprint density at radius 3 is 2.66 bits per heavy atom. The van der Waals surface area contributed by atoms with Crippen molar-refractivity contribution in [3.05, 3.63) is 86.9 Å². The molecule has 10 heteroatoms. The Labute approximate surface area is 199 Å². The molecule has 0 aliphatic heterocycles. The van der Waals surface area contributed by atoms with Gasteiger partial charge in [-0.05, 0) is 53.7 Å². The maximum Gasteiger partial charge on any atom is 0.214 e. The van der Waals surface area contributed by atoms with Crippen LogP contribution in [0.2, 0.25) is 10.0 Å². The zero-order valence-corrected chi connectivity index (χ0v) is 19.3. The highest BCUT2D eigenvalue weighted by Crippen LogP contribution is 2.34. The maximum atomic E-state index is 6.54. The Morgan fingerprint density at radius 2 is 1.91 bits per heavy atom. The van der Waals surface area contributed by atoms with Crippen LogP contribution in [0.5, 0.6) is 11.5 Å². The molecule has 32 heavy (non-hydrogen) atoms. The van der Waals surface area contributed by atoms with Crippen LogP contribution in [-0.2, 0) is 13.2 Å². The van der Waals surface area contributed by atoms with Gasteiger partial charge in [0.25, 0.3) is 0 Å². The van der Waals surface area contributed by atoms with Crippen molar-refractivity contribution in [2.75, 3.05) is 12.5 Å². The topological polar surface area (TPSA) is 77.0 Å². The smallest absolute Gasteiger partial charge is 0.214 e. The number of benzene rings is 2. The van der Waals surface area contributed by atoms with Gasteiger partial charge in [0.2, 0.25) is 4.77 Å². The SMILES string of the molecule is COc1cc(CNn2c(-c3ccncc3)n[nH]c2=S)c(Cl)cc1OCc1cccc(Cl)c1. The average molecular weight is 488 g/mol. The fourth-order valence-electron chi connectivity index (χ4n) is 3.08.